The molecule has 0 saturated carbocycles. The molecule has 0 radical (unpaired) electrons. The van der Waals surface area contributed by atoms with E-state index >= 15 is 0 Å². The highest BCUT2D eigenvalue weighted by Crippen LogP contribution is 2.40. The minimum atomic E-state index is -0.496. The summed E-state index contributed by atoms with van der Waals surface area (Å²) < 4.78 is 6.21. The highest BCUT2D eigenvalue weighted by Gasteiger charge is 2.46. The molecule has 2 saturated heterocycles. The lowest BCUT2D eigenvalue weighted by molar-refractivity contribution is 0.00464. The van der Waals surface area contributed by atoms with Crippen LogP contribution in [0.4, 0.5) is 4.79 Å². The number of halogens is 2. The minimum absolute atomic E-state index is 0.0376. The van der Waals surface area contributed by atoms with Gasteiger partial charge in [-0.2, -0.15) is 0 Å². The van der Waals surface area contributed by atoms with Gasteiger partial charge in [0.05, 0.1) is 5.02 Å². The van der Waals surface area contributed by atoms with E-state index in [1.807, 2.05) is 25.7 Å². The van der Waals surface area contributed by atoms with Gasteiger partial charge in [-0.25, -0.2) is 4.79 Å². The van der Waals surface area contributed by atoms with Gasteiger partial charge in [-0.05, 0) is 80.6 Å². The van der Waals surface area contributed by atoms with Gasteiger partial charge in [0, 0.05) is 35.2 Å². The number of hydrogen-bond acceptors (Lipinski definition) is 3. The van der Waals surface area contributed by atoms with Crippen molar-refractivity contribution < 1.29 is 14.3 Å². The third-order valence-electron chi connectivity index (χ3n) is 5.35. The first-order valence-electron chi connectivity index (χ1n) is 9.36. The first-order valence-corrected chi connectivity index (χ1v) is 10.5. The van der Waals surface area contributed by atoms with Crippen LogP contribution in [-0.2, 0) is 4.74 Å². The van der Waals surface area contributed by atoms with Gasteiger partial charge in [-0.15, -0.1) is 0 Å². The summed E-state index contributed by atoms with van der Waals surface area (Å²) in [5, 5.41) is 0.591. The van der Waals surface area contributed by atoms with E-state index in [2.05, 4.69) is 15.9 Å². The Morgan fingerprint density at radius 3 is 2.41 bits per heavy atom. The van der Waals surface area contributed by atoms with E-state index < -0.39 is 5.60 Å². The highest BCUT2D eigenvalue weighted by molar-refractivity contribution is 9.10. The molecule has 0 bridgehead atoms. The van der Waals surface area contributed by atoms with E-state index in [0.717, 1.165) is 36.7 Å². The molecule has 2 aliphatic heterocycles. The Bertz CT molecular complexity index is 739. The second-order valence-corrected chi connectivity index (χ2v) is 9.64. The SMILES string of the molecule is CC(C)(C)OC(=O)N1CCC2(CCCN2C(=O)c2ccc(Cl)c(Br)c2)CC1. The lowest BCUT2D eigenvalue weighted by Gasteiger charge is -2.45. The number of carbonyl (C=O) groups excluding carboxylic acids is 2. The van der Waals surface area contributed by atoms with Gasteiger partial charge in [-0.1, -0.05) is 11.6 Å². The van der Waals surface area contributed by atoms with Gasteiger partial charge >= 0.3 is 6.09 Å². The predicted octanol–water partition coefficient (Wildman–Crippen LogP) is 5.11. The smallest absolute Gasteiger partial charge is 0.410 e. The summed E-state index contributed by atoms with van der Waals surface area (Å²) in [5.74, 6) is 0.0376. The van der Waals surface area contributed by atoms with Crippen molar-refractivity contribution in [2.24, 2.45) is 0 Å². The van der Waals surface area contributed by atoms with Crippen molar-refractivity contribution in [3.05, 3.63) is 33.3 Å². The fraction of sp³-hybridized carbons (Fsp3) is 0.600. The second kappa shape index (κ2) is 7.63. The maximum Gasteiger partial charge on any atom is 0.410 e. The van der Waals surface area contributed by atoms with Gasteiger partial charge in [0.15, 0.2) is 0 Å². The van der Waals surface area contributed by atoms with Crippen LogP contribution in [0.15, 0.2) is 22.7 Å². The molecular formula is C20H26BrClN2O3. The number of benzene rings is 1. The number of carbonyl (C=O) groups is 2. The molecule has 3 rings (SSSR count). The van der Waals surface area contributed by atoms with E-state index in [-0.39, 0.29) is 17.5 Å². The third kappa shape index (κ3) is 4.43. The molecule has 1 aromatic rings. The first-order chi connectivity index (χ1) is 12.6. The van der Waals surface area contributed by atoms with E-state index in [0.29, 0.717) is 23.7 Å². The summed E-state index contributed by atoms with van der Waals surface area (Å²) >= 11 is 9.45. The van der Waals surface area contributed by atoms with E-state index in [9.17, 15) is 9.59 Å². The van der Waals surface area contributed by atoms with Crippen molar-refractivity contribution in [1.29, 1.82) is 0 Å². The molecule has 2 heterocycles. The molecule has 1 spiro atoms. The fourth-order valence-electron chi connectivity index (χ4n) is 3.99. The summed E-state index contributed by atoms with van der Waals surface area (Å²) in [6, 6.07) is 5.30. The Labute approximate surface area is 174 Å². The summed E-state index contributed by atoms with van der Waals surface area (Å²) in [7, 11) is 0. The molecular weight excluding hydrogens is 432 g/mol. The van der Waals surface area contributed by atoms with E-state index in [4.69, 9.17) is 16.3 Å². The van der Waals surface area contributed by atoms with Gasteiger partial charge in [-0.3, -0.25) is 4.79 Å². The number of nitrogens with zero attached hydrogens (tertiary/aromatic N) is 2. The van der Waals surface area contributed by atoms with Crippen LogP contribution < -0.4 is 0 Å². The molecule has 0 unspecified atom stereocenters. The van der Waals surface area contributed by atoms with E-state index in [1.54, 1.807) is 23.1 Å². The van der Waals surface area contributed by atoms with Crippen molar-refractivity contribution in [2.45, 2.75) is 57.6 Å². The van der Waals surface area contributed by atoms with Crippen molar-refractivity contribution >= 4 is 39.5 Å². The number of rotatable bonds is 1. The van der Waals surface area contributed by atoms with E-state index in [1.165, 1.54) is 0 Å². The van der Waals surface area contributed by atoms with Crippen LogP contribution in [-0.4, -0.2) is 52.6 Å². The monoisotopic (exact) mass is 456 g/mol. The number of hydrogen-bond donors (Lipinski definition) is 0. The number of amides is 2. The first kappa shape index (κ1) is 20.5. The predicted molar refractivity (Wildman–Crippen MR) is 109 cm³/mol. The molecule has 0 atom stereocenters. The van der Waals surface area contributed by atoms with Crippen LogP contribution in [0.25, 0.3) is 0 Å². The molecule has 27 heavy (non-hydrogen) atoms. The van der Waals surface area contributed by atoms with Crippen LogP contribution in [0, 0.1) is 0 Å². The largest absolute Gasteiger partial charge is 0.444 e. The minimum Gasteiger partial charge on any atom is -0.444 e. The Hall–Kier alpha value is -1.27. The Kier molecular flexibility index (Phi) is 5.78. The average molecular weight is 458 g/mol. The van der Waals surface area contributed by atoms with Crippen LogP contribution in [0.3, 0.4) is 0 Å². The second-order valence-electron chi connectivity index (χ2n) is 8.38. The highest BCUT2D eigenvalue weighted by atomic mass is 79.9. The fourth-order valence-corrected chi connectivity index (χ4v) is 4.49. The van der Waals surface area contributed by atoms with Crippen molar-refractivity contribution in [2.75, 3.05) is 19.6 Å². The Morgan fingerprint density at radius 1 is 1.15 bits per heavy atom. The molecule has 0 aromatic heterocycles. The molecule has 5 nitrogen and oxygen atoms in total. The number of ether oxygens (including phenoxy) is 1. The molecule has 148 valence electrons. The zero-order valence-electron chi connectivity index (χ0n) is 16.1. The van der Waals surface area contributed by atoms with Gasteiger partial charge in [0.1, 0.15) is 5.60 Å². The molecule has 1 aromatic carbocycles. The van der Waals surface area contributed by atoms with Crippen LogP contribution in [0.2, 0.25) is 5.02 Å². The third-order valence-corrected chi connectivity index (χ3v) is 6.57. The normalized spacial score (nSPS) is 19.4. The molecule has 2 amide bonds. The quantitative estimate of drug-likeness (QED) is 0.589. The topological polar surface area (TPSA) is 49.9 Å². The standard InChI is InChI=1S/C20H26BrClN2O3/c1-19(2,3)27-18(26)23-11-8-20(9-12-23)7-4-10-24(20)17(25)14-5-6-16(22)15(21)13-14/h5-6,13H,4,7-12H2,1-3H3. The molecule has 7 heteroatoms. The van der Waals surface area contributed by atoms with Crippen molar-refractivity contribution in [3.63, 3.8) is 0 Å². The lowest BCUT2D eigenvalue weighted by Crippen LogP contribution is -2.55. The van der Waals surface area contributed by atoms with Crippen molar-refractivity contribution in [3.8, 4) is 0 Å². The zero-order chi connectivity index (χ0) is 19.8. The summed E-state index contributed by atoms with van der Waals surface area (Å²) in [6.45, 7) is 7.60. The van der Waals surface area contributed by atoms with Crippen LogP contribution in [0.1, 0.15) is 56.8 Å². The maximum atomic E-state index is 13.1. The van der Waals surface area contributed by atoms with Crippen molar-refractivity contribution in [1.82, 2.24) is 9.80 Å². The Morgan fingerprint density at radius 2 is 1.81 bits per heavy atom. The lowest BCUT2D eigenvalue weighted by atomic mass is 9.84. The van der Waals surface area contributed by atoms with Gasteiger partial charge < -0.3 is 14.5 Å². The molecule has 2 aliphatic rings. The van der Waals surface area contributed by atoms with Crippen LogP contribution in [0.5, 0.6) is 0 Å². The maximum absolute atomic E-state index is 13.1. The number of piperidine rings is 1. The summed E-state index contributed by atoms with van der Waals surface area (Å²) in [5.41, 5.74) is -0.0206. The zero-order valence-corrected chi connectivity index (χ0v) is 18.4. The van der Waals surface area contributed by atoms with Gasteiger partial charge in [0.25, 0.3) is 5.91 Å². The molecule has 2 fully saturated rings. The average Bonchev–Trinajstić information content (AvgIpc) is 2.99. The number of likely N-dealkylation sites (tertiary alicyclic amines) is 2. The summed E-state index contributed by atoms with van der Waals surface area (Å²) in [4.78, 5) is 29.2. The Balaban J connectivity index is 1.70. The molecule has 0 aliphatic carbocycles. The van der Waals surface area contributed by atoms with Gasteiger partial charge in [0.2, 0.25) is 0 Å². The molecule has 0 N–H and O–H groups in total. The van der Waals surface area contributed by atoms with Crippen LogP contribution >= 0.6 is 27.5 Å². The summed E-state index contributed by atoms with van der Waals surface area (Å²) in [6.07, 6.45) is 3.28.